The van der Waals surface area contributed by atoms with E-state index in [1.807, 2.05) is 29.6 Å². The van der Waals surface area contributed by atoms with Crippen molar-refractivity contribution < 1.29 is 9.59 Å². The average Bonchev–Trinajstić information content (AvgIpc) is 3.28. The van der Waals surface area contributed by atoms with Crippen LogP contribution >= 0.6 is 27.3 Å². The summed E-state index contributed by atoms with van der Waals surface area (Å²) in [6, 6.07) is 8.92. The molecule has 7 nitrogen and oxygen atoms in total. The molecule has 0 bridgehead atoms. The molecular formula is C17H16BrN5O2S. The minimum absolute atomic E-state index is 0.128. The Labute approximate surface area is 162 Å². The van der Waals surface area contributed by atoms with E-state index in [4.69, 9.17) is 0 Å². The van der Waals surface area contributed by atoms with E-state index in [9.17, 15) is 9.59 Å². The summed E-state index contributed by atoms with van der Waals surface area (Å²) < 4.78 is 2.40. The predicted octanol–water partition coefficient (Wildman–Crippen LogP) is 3.30. The number of anilines is 1. The quantitative estimate of drug-likeness (QED) is 0.623. The predicted molar refractivity (Wildman–Crippen MR) is 103 cm³/mol. The third-order valence-electron chi connectivity index (χ3n) is 3.55. The standard InChI is InChI=1S/C17H16BrN5O2S/c1-11(24)21-14(16-3-2-6-26-16)8-17(25)22-13-7-12(18)4-5-15(13)23-10-19-9-20-23/h2-7,9-10,14H,8H2,1H3,(H,21,24)(H,22,25). The van der Waals surface area contributed by atoms with Crippen molar-refractivity contribution in [3.05, 3.63) is 57.7 Å². The number of carbonyl (C=O) groups is 2. The number of benzene rings is 1. The molecule has 2 aromatic heterocycles. The van der Waals surface area contributed by atoms with Gasteiger partial charge in [0.1, 0.15) is 12.7 Å². The van der Waals surface area contributed by atoms with Crippen LogP contribution in [0.4, 0.5) is 5.69 Å². The second-order valence-electron chi connectivity index (χ2n) is 5.52. The zero-order valence-electron chi connectivity index (χ0n) is 13.8. The van der Waals surface area contributed by atoms with Crippen molar-refractivity contribution in [2.45, 2.75) is 19.4 Å². The van der Waals surface area contributed by atoms with Gasteiger partial charge in [-0.2, -0.15) is 5.10 Å². The maximum Gasteiger partial charge on any atom is 0.226 e. The Hall–Kier alpha value is -2.52. The molecule has 0 radical (unpaired) electrons. The van der Waals surface area contributed by atoms with Crippen molar-refractivity contribution in [1.82, 2.24) is 20.1 Å². The van der Waals surface area contributed by atoms with Crippen molar-refractivity contribution in [3.63, 3.8) is 0 Å². The number of rotatable bonds is 6. The van der Waals surface area contributed by atoms with Crippen LogP contribution in [0.15, 0.2) is 52.8 Å². The molecule has 9 heteroatoms. The average molecular weight is 434 g/mol. The summed E-state index contributed by atoms with van der Waals surface area (Å²) in [5.74, 6) is -0.390. The smallest absolute Gasteiger partial charge is 0.226 e. The molecule has 26 heavy (non-hydrogen) atoms. The molecule has 1 aromatic carbocycles. The van der Waals surface area contributed by atoms with E-state index >= 15 is 0 Å². The van der Waals surface area contributed by atoms with Crippen LogP contribution in [-0.2, 0) is 9.59 Å². The summed E-state index contributed by atoms with van der Waals surface area (Å²) in [6.07, 6.45) is 3.12. The number of hydrogen-bond acceptors (Lipinski definition) is 5. The number of hydrogen-bond donors (Lipinski definition) is 2. The van der Waals surface area contributed by atoms with Crippen LogP contribution in [0.25, 0.3) is 5.69 Å². The zero-order valence-corrected chi connectivity index (χ0v) is 16.3. The van der Waals surface area contributed by atoms with Crippen LogP contribution in [0, 0.1) is 0 Å². The van der Waals surface area contributed by atoms with E-state index in [1.165, 1.54) is 24.6 Å². The monoisotopic (exact) mass is 433 g/mol. The van der Waals surface area contributed by atoms with Gasteiger partial charge in [0.05, 0.1) is 23.8 Å². The van der Waals surface area contributed by atoms with Crippen LogP contribution in [-0.4, -0.2) is 26.6 Å². The Morgan fingerprint density at radius 1 is 1.35 bits per heavy atom. The van der Waals surface area contributed by atoms with Gasteiger partial charge in [-0.1, -0.05) is 22.0 Å². The fourth-order valence-corrected chi connectivity index (χ4v) is 3.62. The van der Waals surface area contributed by atoms with E-state index in [2.05, 4.69) is 36.6 Å². The first-order chi connectivity index (χ1) is 12.5. The molecule has 0 aliphatic rings. The van der Waals surface area contributed by atoms with Gasteiger partial charge in [0, 0.05) is 16.3 Å². The third-order valence-corrected chi connectivity index (χ3v) is 5.03. The first-order valence-electron chi connectivity index (χ1n) is 7.78. The van der Waals surface area contributed by atoms with E-state index in [-0.39, 0.29) is 24.3 Å². The van der Waals surface area contributed by atoms with Gasteiger partial charge in [-0.05, 0) is 29.6 Å². The summed E-state index contributed by atoms with van der Waals surface area (Å²) in [5.41, 5.74) is 1.30. The molecule has 0 spiro atoms. The van der Waals surface area contributed by atoms with Crippen molar-refractivity contribution in [3.8, 4) is 5.69 Å². The highest BCUT2D eigenvalue weighted by Gasteiger charge is 2.19. The van der Waals surface area contributed by atoms with Crippen molar-refractivity contribution in [1.29, 1.82) is 0 Å². The molecule has 134 valence electrons. The molecule has 2 heterocycles. The van der Waals surface area contributed by atoms with E-state index in [0.29, 0.717) is 11.4 Å². The minimum atomic E-state index is -0.366. The normalized spacial score (nSPS) is 11.8. The number of aromatic nitrogens is 3. The lowest BCUT2D eigenvalue weighted by atomic mass is 10.1. The maximum absolute atomic E-state index is 12.6. The molecule has 0 saturated carbocycles. The second-order valence-corrected chi connectivity index (χ2v) is 7.42. The van der Waals surface area contributed by atoms with Crippen molar-refractivity contribution in [2.75, 3.05) is 5.32 Å². The molecular weight excluding hydrogens is 418 g/mol. The van der Waals surface area contributed by atoms with Gasteiger partial charge in [-0.3, -0.25) is 9.59 Å². The lowest BCUT2D eigenvalue weighted by Gasteiger charge is -2.17. The second kappa shape index (κ2) is 8.24. The summed E-state index contributed by atoms with van der Waals surface area (Å²) in [4.78, 5) is 29.0. The van der Waals surface area contributed by atoms with Gasteiger partial charge in [0.25, 0.3) is 0 Å². The molecule has 0 saturated heterocycles. The zero-order chi connectivity index (χ0) is 18.5. The van der Waals surface area contributed by atoms with Gasteiger partial charge in [0.15, 0.2) is 0 Å². The Morgan fingerprint density at radius 3 is 2.85 bits per heavy atom. The summed E-state index contributed by atoms with van der Waals surface area (Å²) in [5, 5.41) is 11.8. The lowest BCUT2D eigenvalue weighted by molar-refractivity contribution is -0.120. The van der Waals surface area contributed by atoms with Crippen LogP contribution in [0.3, 0.4) is 0 Å². The SMILES string of the molecule is CC(=O)NC(CC(=O)Nc1cc(Br)ccc1-n1cncn1)c1cccs1. The Morgan fingerprint density at radius 2 is 2.19 bits per heavy atom. The molecule has 0 fully saturated rings. The summed E-state index contributed by atoms with van der Waals surface area (Å²) in [7, 11) is 0. The van der Waals surface area contributed by atoms with Crippen LogP contribution in [0.2, 0.25) is 0 Å². The fourth-order valence-electron chi connectivity index (χ4n) is 2.49. The molecule has 1 atom stereocenters. The van der Waals surface area contributed by atoms with Crippen molar-refractivity contribution in [2.24, 2.45) is 0 Å². The first-order valence-corrected chi connectivity index (χ1v) is 9.45. The van der Waals surface area contributed by atoms with E-state index in [1.54, 1.807) is 17.1 Å². The number of thiophene rings is 1. The topological polar surface area (TPSA) is 88.9 Å². The first kappa shape index (κ1) is 18.3. The van der Waals surface area contributed by atoms with Gasteiger partial charge >= 0.3 is 0 Å². The highest BCUT2D eigenvalue weighted by Crippen LogP contribution is 2.26. The molecule has 0 aliphatic carbocycles. The molecule has 3 aromatic rings. The van der Waals surface area contributed by atoms with E-state index in [0.717, 1.165) is 9.35 Å². The Kier molecular flexibility index (Phi) is 5.79. The highest BCUT2D eigenvalue weighted by molar-refractivity contribution is 9.10. The largest absolute Gasteiger partial charge is 0.348 e. The summed E-state index contributed by atoms with van der Waals surface area (Å²) >= 11 is 4.91. The van der Waals surface area contributed by atoms with Gasteiger partial charge in [0.2, 0.25) is 11.8 Å². The molecule has 0 aliphatic heterocycles. The third kappa shape index (κ3) is 4.55. The number of nitrogens with zero attached hydrogens (tertiary/aromatic N) is 3. The molecule has 2 N–H and O–H groups in total. The highest BCUT2D eigenvalue weighted by atomic mass is 79.9. The maximum atomic E-state index is 12.6. The molecule has 1 unspecified atom stereocenters. The van der Waals surface area contributed by atoms with Crippen molar-refractivity contribution >= 4 is 44.8 Å². The van der Waals surface area contributed by atoms with Crippen LogP contribution in [0.1, 0.15) is 24.3 Å². The van der Waals surface area contributed by atoms with Crippen LogP contribution < -0.4 is 10.6 Å². The van der Waals surface area contributed by atoms with E-state index < -0.39 is 0 Å². The molecule has 2 amide bonds. The molecule has 3 rings (SSSR count). The number of carbonyl (C=O) groups excluding carboxylic acids is 2. The van der Waals surface area contributed by atoms with Gasteiger partial charge < -0.3 is 10.6 Å². The lowest BCUT2D eigenvalue weighted by Crippen LogP contribution is -2.29. The number of nitrogens with one attached hydrogen (secondary N) is 2. The Bertz CT molecular complexity index is 896. The Balaban J connectivity index is 1.79. The van der Waals surface area contributed by atoms with Crippen LogP contribution in [0.5, 0.6) is 0 Å². The fraction of sp³-hybridized carbons (Fsp3) is 0.176. The minimum Gasteiger partial charge on any atom is -0.348 e. The number of amides is 2. The van der Waals surface area contributed by atoms with Gasteiger partial charge in [-0.25, -0.2) is 9.67 Å². The summed E-state index contributed by atoms with van der Waals surface area (Å²) in [6.45, 7) is 1.44. The number of halogens is 1. The van der Waals surface area contributed by atoms with Gasteiger partial charge in [-0.15, -0.1) is 11.3 Å².